The Balaban J connectivity index is 1.77. The van der Waals surface area contributed by atoms with Gasteiger partial charge >= 0.3 is 6.03 Å². The molecule has 1 aliphatic rings. The highest BCUT2D eigenvalue weighted by Gasteiger charge is 2.27. The van der Waals surface area contributed by atoms with Gasteiger partial charge in [0.15, 0.2) is 5.13 Å². The van der Waals surface area contributed by atoms with Crippen LogP contribution in [-0.4, -0.2) is 50.0 Å². The van der Waals surface area contributed by atoms with E-state index < -0.39 is 16.1 Å². The molecule has 11 heteroatoms. The van der Waals surface area contributed by atoms with Crippen molar-refractivity contribution < 1.29 is 17.9 Å². The van der Waals surface area contributed by atoms with Crippen LogP contribution in [0.2, 0.25) is 5.02 Å². The van der Waals surface area contributed by atoms with E-state index in [9.17, 15) is 13.2 Å². The molecule has 27 heavy (non-hydrogen) atoms. The van der Waals surface area contributed by atoms with Gasteiger partial charge in [-0.3, -0.25) is 5.32 Å². The number of amides is 2. The predicted octanol–water partition coefficient (Wildman–Crippen LogP) is 3.08. The van der Waals surface area contributed by atoms with Crippen molar-refractivity contribution in [2.24, 2.45) is 0 Å². The van der Waals surface area contributed by atoms with Crippen LogP contribution in [0.5, 0.6) is 0 Å². The monoisotopic (exact) mass is 430 g/mol. The van der Waals surface area contributed by atoms with Crippen LogP contribution in [0.4, 0.5) is 15.6 Å². The minimum Gasteiger partial charge on any atom is -0.379 e. The second-order valence-electron chi connectivity index (χ2n) is 5.90. The Morgan fingerprint density at radius 1 is 1.26 bits per heavy atom. The molecule has 146 valence electrons. The van der Waals surface area contributed by atoms with Gasteiger partial charge in [0.1, 0.15) is 0 Å². The number of aryl methyl sites for hydroxylation is 2. The van der Waals surface area contributed by atoms with Crippen molar-refractivity contribution in [2.75, 3.05) is 36.9 Å². The molecule has 0 spiro atoms. The number of nitrogens with zero attached hydrogens (tertiary/aromatic N) is 2. The lowest BCUT2D eigenvalue weighted by Crippen LogP contribution is -2.40. The molecule has 8 nitrogen and oxygen atoms in total. The van der Waals surface area contributed by atoms with E-state index in [1.165, 1.54) is 33.8 Å². The molecule has 1 aromatic heterocycles. The number of halogens is 1. The molecule has 1 aliphatic heterocycles. The SMILES string of the molecule is Cc1nc(NC(=O)Nc2cc(S(=O)(=O)N3CCOCC3)ccc2Cl)sc1C. The lowest BCUT2D eigenvalue weighted by molar-refractivity contribution is 0.0730. The second-order valence-corrected chi connectivity index (χ2v) is 9.45. The van der Waals surface area contributed by atoms with E-state index >= 15 is 0 Å². The Hall–Kier alpha value is -1.72. The number of ether oxygens (including phenoxy) is 1. The van der Waals surface area contributed by atoms with E-state index in [1.807, 2.05) is 13.8 Å². The number of hydrogen-bond donors (Lipinski definition) is 2. The van der Waals surface area contributed by atoms with Crippen molar-refractivity contribution >= 4 is 49.8 Å². The maximum absolute atomic E-state index is 12.8. The Morgan fingerprint density at radius 2 is 1.96 bits per heavy atom. The lowest BCUT2D eigenvalue weighted by Gasteiger charge is -2.26. The Morgan fingerprint density at radius 3 is 2.59 bits per heavy atom. The number of benzene rings is 1. The fourth-order valence-electron chi connectivity index (χ4n) is 2.47. The van der Waals surface area contributed by atoms with E-state index in [0.717, 1.165) is 10.6 Å². The number of carbonyl (C=O) groups is 1. The van der Waals surface area contributed by atoms with Crippen LogP contribution in [0, 0.1) is 13.8 Å². The number of carbonyl (C=O) groups excluding carboxylic acids is 1. The third-order valence-corrected chi connectivity index (χ3v) is 7.26. The van der Waals surface area contributed by atoms with Crippen molar-refractivity contribution in [3.63, 3.8) is 0 Å². The lowest BCUT2D eigenvalue weighted by atomic mass is 10.3. The van der Waals surface area contributed by atoms with Crippen LogP contribution in [-0.2, 0) is 14.8 Å². The molecule has 2 aromatic rings. The molecule has 1 saturated heterocycles. The van der Waals surface area contributed by atoms with Gasteiger partial charge in [0.25, 0.3) is 0 Å². The molecule has 2 heterocycles. The van der Waals surface area contributed by atoms with Gasteiger partial charge in [-0.2, -0.15) is 4.31 Å². The van der Waals surface area contributed by atoms with Crippen molar-refractivity contribution in [1.29, 1.82) is 0 Å². The highest BCUT2D eigenvalue weighted by molar-refractivity contribution is 7.89. The number of sulfonamides is 1. The summed E-state index contributed by atoms with van der Waals surface area (Å²) in [4.78, 5) is 17.5. The summed E-state index contributed by atoms with van der Waals surface area (Å²) in [6, 6.07) is 3.67. The summed E-state index contributed by atoms with van der Waals surface area (Å²) in [6.07, 6.45) is 0. The van der Waals surface area contributed by atoms with Gasteiger partial charge < -0.3 is 10.1 Å². The Bertz CT molecular complexity index is 936. The molecule has 0 radical (unpaired) electrons. The van der Waals surface area contributed by atoms with Gasteiger partial charge in [0.2, 0.25) is 10.0 Å². The first-order valence-electron chi connectivity index (χ1n) is 8.17. The maximum atomic E-state index is 12.8. The highest BCUT2D eigenvalue weighted by atomic mass is 35.5. The third kappa shape index (κ3) is 4.58. The number of rotatable bonds is 4. The van der Waals surface area contributed by atoms with Crippen LogP contribution in [0.15, 0.2) is 23.1 Å². The molecule has 0 bridgehead atoms. The molecule has 0 aliphatic carbocycles. The summed E-state index contributed by atoms with van der Waals surface area (Å²) >= 11 is 7.48. The first kappa shape index (κ1) is 20.0. The van der Waals surface area contributed by atoms with Crippen molar-refractivity contribution in [1.82, 2.24) is 9.29 Å². The van der Waals surface area contributed by atoms with Crippen molar-refractivity contribution in [3.05, 3.63) is 33.8 Å². The molecular weight excluding hydrogens is 412 g/mol. The number of urea groups is 1. The highest BCUT2D eigenvalue weighted by Crippen LogP contribution is 2.28. The van der Waals surface area contributed by atoms with Crippen LogP contribution >= 0.6 is 22.9 Å². The molecule has 1 aromatic carbocycles. The summed E-state index contributed by atoms with van der Waals surface area (Å²) in [5.41, 5.74) is 1.04. The quantitative estimate of drug-likeness (QED) is 0.776. The molecule has 0 saturated carbocycles. The van der Waals surface area contributed by atoms with Gasteiger partial charge in [0.05, 0.1) is 34.5 Å². The standard InChI is InChI=1S/C16H19ClN4O4S2/c1-10-11(2)26-16(18-10)20-15(22)19-14-9-12(3-4-13(14)17)27(23,24)21-5-7-25-8-6-21/h3-4,9H,5-8H2,1-2H3,(H2,18,19,20,22). The Labute approximate surface area is 166 Å². The van der Waals surface area contributed by atoms with Crippen LogP contribution in [0.3, 0.4) is 0 Å². The molecule has 3 rings (SSSR count). The zero-order valence-corrected chi connectivity index (χ0v) is 17.2. The van der Waals surface area contributed by atoms with Gasteiger partial charge in [-0.05, 0) is 32.0 Å². The number of hydrogen-bond acceptors (Lipinski definition) is 6. The fraction of sp³-hybridized carbons (Fsp3) is 0.375. The van der Waals surface area contributed by atoms with Crippen LogP contribution in [0.25, 0.3) is 0 Å². The van der Waals surface area contributed by atoms with Gasteiger partial charge in [0, 0.05) is 18.0 Å². The number of aromatic nitrogens is 1. The van der Waals surface area contributed by atoms with Gasteiger partial charge in [-0.1, -0.05) is 11.6 Å². The smallest absolute Gasteiger partial charge is 0.325 e. The van der Waals surface area contributed by atoms with Crippen LogP contribution in [0.1, 0.15) is 10.6 Å². The molecule has 2 N–H and O–H groups in total. The van der Waals surface area contributed by atoms with E-state index in [2.05, 4.69) is 15.6 Å². The minimum absolute atomic E-state index is 0.0602. The summed E-state index contributed by atoms with van der Waals surface area (Å²) in [5.74, 6) is 0. The number of anilines is 2. The molecule has 1 fully saturated rings. The van der Waals surface area contributed by atoms with Gasteiger partial charge in [-0.15, -0.1) is 11.3 Å². The molecule has 0 unspecified atom stereocenters. The van der Waals surface area contributed by atoms with E-state index in [-0.39, 0.29) is 28.7 Å². The van der Waals surface area contributed by atoms with E-state index in [0.29, 0.717) is 18.3 Å². The molecular formula is C16H19ClN4O4S2. The van der Waals surface area contributed by atoms with Crippen LogP contribution < -0.4 is 10.6 Å². The number of morpholine rings is 1. The summed E-state index contributed by atoms with van der Waals surface area (Å²) in [7, 11) is -3.69. The zero-order valence-electron chi connectivity index (χ0n) is 14.8. The fourth-order valence-corrected chi connectivity index (χ4v) is 4.88. The van der Waals surface area contributed by atoms with E-state index in [1.54, 1.807) is 0 Å². The maximum Gasteiger partial charge on any atom is 0.325 e. The van der Waals surface area contributed by atoms with Gasteiger partial charge in [-0.25, -0.2) is 18.2 Å². The average Bonchev–Trinajstić information content (AvgIpc) is 2.94. The topological polar surface area (TPSA) is 101 Å². The zero-order chi connectivity index (χ0) is 19.6. The number of thiazole rings is 1. The van der Waals surface area contributed by atoms with E-state index in [4.69, 9.17) is 16.3 Å². The second kappa shape index (κ2) is 8.11. The summed E-state index contributed by atoms with van der Waals surface area (Å²) in [5, 5.41) is 5.89. The third-order valence-electron chi connectivity index (χ3n) is 4.04. The van der Waals surface area contributed by atoms with Crippen molar-refractivity contribution in [2.45, 2.75) is 18.7 Å². The Kier molecular flexibility index (Phi) is 6.02. The summed E-state index contributed by atoms with van der Waals surface area (Å²) < 4.78 is 32.1. The normalized spacial score (nSPS) is 15.5. The summed E-state index contributed by atoms with van der Waals surface area (Å²) in [6.45, 7) is 5.05. The molecule has 2 amide bonds. The first-order valence-corrected chi connectivity index (χ1v) is 10.8. The first-order chi connectivity index (χ1) is 12.8. The predicted molar refractivity (Wildman–Crippen MR) is 105 cm³/mol. The average molecular weight is 431 g/mol. The molecule has 0 atom stereocenters. The number of nitrogens with one attached hydrogen (secondary N) is 2. The largest absolute Gasteiger partial charge is 0.379 e. The minimum atomic E-state index is -3.69. The van der Waals surface area contributed by atoms with Crippen molar-refractivity contribution in [3.8, 4) is 0 Å².